The molecule has 0 radical (unpaired) electrons. The van der Waals surface area contributed by atoms with Crippen molar-refractivity contribution in [1.82, 2.24) is 4.98 Å². The average molecular weight is 556 g/mol. The third-order valence-corrected chi connectivity index (χ3v) is 6.60. The summed E-state index contributed by atoms with van der Waals surface area (Å²) in [5.74, 6) is -0.996. The van der Waals surface area contributed by atoms with Crippen LogP contribution in [0, 0.1) is 0 Å². The van der Waals surface area contributed by atoms with Crippen LogP contribution in [0.2, 0.25) is 0 Å². The number of carbonyl (C=O) groups excluding carboxylic acids is 1. The predicted molar refractivity (Wildman–Crippen MR) is 149 cm³/mol. The van der Waals surface area contributed by atoms with Gasteiger partial charge in [-0.25, -0.2) is 0 Å². The Balaban J connectivity index is 1.54. The number of carboxylic acids is 1. The minimum absolute atomic E-state index is 0.118. The van der Waals surface area contributed by atoms with Crippen LogP contribution in [0.3, 0.4) is 0 Å². The van der Waals surface area contributed by atoms with Gasteiger partial charge in [0.15, 0.2) is 11.5 Å². The van der Waals surface area contributed by atoms with Gasteiger partial charge in [-0.1, -0.05) is 91.0 Å². The zero-order chi connectivity index (χ0) is 29.0. The van der Waals surface area contributed by atoms with Crippen LogP contribution in [0.1, 0.15) is 32.6 Å². The number of carbonyl (C=O) groups is 2. The first-order valence-corrected chi connectivity index (χ1v) is 12.7. The van der Waals surface area contributed by atoms with E-state index in [0.717, 1.165) is 17.7 Å². The number of hydrogen-bond acceptors (Lipinski definition) is 3. The fraction of sp³-hybridized carbons (Fsp3) is 0.0909. The lowest BCUT2D eigenvalue weighted by Crippen LogP contribution is -2.07. The molecule has 0 spiro atoms. The lowest BCUT2D eigenvalue weighted by atomic mass is 9.93. The molecule has 0 aliphatic heterocycles. The summed E-state index contributed by atoms with van der Waals surface area (Å²) in [6.45, 7) is 0.184. The molecule has 5 aromatic rings. The summed E-state index contributed by atoms with van der Waals surface area (Å²) < 4.78 is 45.6. The van der Waals surface area contributed by atoms with Gasteiger partial charge in [0.05, 0.1) is 23.2 Å². The lowest BCUT2D eigenvalue weighted by molar-refractivity contribution is -0.138. The monoisotopic (exact) mass is 555 g/mol. The minimum Gasteiger partial charge on any atom is -0.486 e. The fourth-order valence-electron chi connectivity index (χ4n) is 4.55. The summed E-state index contributed by atoms with van der Waals surface area (Å²) in [6, 6.07) is 27.8. The third-order valence-electron chi connectivity index (χ3n) is 6.60. The number of ether oxygens (including phenoxy) is 1. The van der Waals surface area contributed by atoms with Crippen molar-refractivity contribution in [3.63, 3.8) is 0 Å². The number of carboxylic acid groups (broad SMARTS) is 1. The molecule has 0 fully saturated rings. The summed E-state index contributed by atoms with van der Waals surface area (Å²) >= 11 is 0. The largest absolute Gasteiger partial charge is 0.486 e. The highest BCUT2D eigenvalue weighted by Crippen LogP contribution is 2.37. The zero-order valence-electron chi connectivity index (χ0n) is 21.6. The first kappa shape index (κ1) is 27.5. The number of aliphatic carboxylic acids is 1. The molecule has 5 nitrogen and oxygen atoms in total. The van der Waals surface area contributed by atoms with Crippen LogP contribution in [-0.4, -0.2) is 21.8 Å². The van der Waals surface area contributed by atoms with Crippen LogP contribution in [0.15, 0.2) is 109 Å². The maximum Gasteiger partial charge on any atom is 0.416 e. The number of benzene rings is 4. The highest BCUT2D eigenvalue weighted by atomic mass is 19.4. The van der Waals surface area contributed by atoms with Gasteiger partial charge >= 0.3 is 12.1 Å². The summed E-state index contributed by atoms with van der Waals surface area (Å²) in [5.41, 5.74) is 3.49. The molecule has 1 heterocycles. The van der Waals surface area contributed by atoms with Gasteiger partial charge in [-0.15, -0.1) is 0 Å². The van der Waals surface area contributed by atoms with Gasteiger partial charge < -0.3 is 14.8 Å². The Morgan fingerprint density at radius 1 is 0.732 bits per heavy atom. The highest BCUT2D eigenvalue weighted by molar-refractivity contribution is 6.15. The summed E-state index contributed by atoms with van der Waals surface area (Å²) in [6.07, 6.45) is -3.04. The number of aromatic nitrogens is 1. The molecule has 0 amide bonds. The van der Waals surface area contributed by atoms with Crippen LogP contribution in [0.25, 0.3) is 22.4 Å². The molecule has 4 aromatic carbocycles. The maximum absolute atomic E-state index is 14.0. The van der Waals surface area contributed by atoms with Crippen LogP contribution < -0.4 is 4.74 Å². The van der Waals surface area contributed by atoms with Crippen LogP contribution >= 0.6 is 0 Å². The molecule has 0 atom stereocenters. The van der Waals surface area contributed by atoms with Crippen molar-refractivity contribution in [1.29, 1.82) is 0 Å². The summed E-state index contributed by atoms with van der Waals surface area (Å²) in [7, 11) is 0. The van der Waals surface area contributed by atoms with Gasteiger partial charge in [0.25, 0.3) is 0 Å². The SMILES string of the molecule is O=C(O)Cc1ccc(-c2[nH]cc(C(=O)c3ccccc3-c3ccc(C(F)(F)F)cc3)c2OCc2ccccc2)cc1. The summed E-state index contributed by atoms with van der Waals surface area (Å²) in [5, 5.41) is 9.09. The second-order valence-electron chi connectivity index (χ2n) is 9.40. The number of halogens is 3. The Morgan fingerprint density at radius 2 is 1.37 bits per heavy atom. The Hall–Kier alpha value is -5.11. The molecule has 206 valence electrons. The molecule has 1 aromatic heterocycles. The van der Waals surface area contributed by atoms with E-state index in [1.807, 2.05) is 30.3 Å². The molecule has 5 rings (SSSR count). The van der Waals surface area contributed by atoms with Crippen LogP contribution in [-0.2, 0) is 24.0 Å². The number of aromatic amines is 1. The van der Waals surface area contributed by atoms with Gasteiger partial charge in [-0.05, 0) is 34.4 Å². The van der Waals surface area contributed by atoms with E-state index in [1.165, 1.54) is 12.1 Å². The van der Waals surface area contributed by atoms with E-state index in [0.29, 0.717) is 39.3 Å². The Labute approximate surface area is 233 Å². The molecular weight excluding hydrogens is 531 g/mol. The Kier molecular flexibility index (Phi) is 7.74. The van der Waals surface area contributed by atoms with Crippen molar-refractivity contribution >= 4 is 11.8 Å². The first-order chi connectivity index (χ1) is 19.7. The quantitative estimate of drug-likeness (QED) is 0.182. The third kappa shape index (κ3) is 6.22. The van der Waals surface area contributed by atoms with Crippen molar-refractivity contribution in [2.75, 3.05) is 0 Å². The molecule has 0 saturated heterocycles. The topological polar surface area (TPSA) is 79.4 Å². The normalized spacial score (nSPS) is 11.3. The Bertz CT molecular complexity index is 1670. The average Bonchev–Trinajstić information content (AvgIpc) is 3.40. The number of nitrogens with one attached hydrogen (secondary N) is 1. The van der Waals surface area contributed by atoms with Crippen molar-refractivity contribution < 1.29 is 32.6 Å². The minimum atomic E-state index is -4.47. The van der Waals surface area contributed by atoms with Gasteiger partial charge in [0.1, 0.15) is 6.61 Å². The molecule has 2 N–H and O–H groups in total. The van der Waals surface area contributed by atoms with Crippen molar-refractivity contribution in [2.45, 2.75) is 19.2 Å². The maximum atomic E-state index is 14.0. The van der Waals surface area contributed by atoms with Crippen molar-refractivity contribution in [3.8, 4) is 28.1 Å². The van der Waals surface area contributed by atoms with Crippen molar-refractivity contribution in [3.05, 3.63) is 137 Å². The second kappa shape index (κ2) is 11.6. The number of hydrogen-bond donors (Lipinski definition) is 2. The van der Waals surface area contributed by atoms with E-state index in [2.05, 4.69) is 4.98 Å². The second-order valence-corrected chi connectivity index (χ2v) is 9.40. The van der Waals surface area contributed by atoms with E-state index in [4.69, 9.17) is 9.84 Å². The van der Waals surface area contributed by atoms with Crippen molar-refractivity contribution in [2.24, 2.45) is 0 Å². The molecule has 8 heteroatoms. The molecule has 0 aliphatic rings. The van der Waals surface area contributed by atoms with E-state index >= 15 is 0 Å². The predicted octanol–water partition coefficient (Wildman–Crippen LogP) is 7.80. The van der Waals surface area contributed by atoms with E-state index < -0.39 is 17.7 Å². The smallest absolute Gasteiger partial charge is 0.416 e. The van der Waals surface area contributed by atoms with Crippen LogP contribution in [0.4, 0.5) is 13.2 Å². The molecular formula is C33H24F3NO4. The Morgan fingerprint density at radius 3 is 2.02 bits per heavy atom. The van der Waals surface area contributed by atoms with E-state index in [-0.39, 0.29) is 24.4 Å². The number of ketones is 1. The number of H-pyrrole nitrogens is 1. The summed E-state index contributed by atoms with van der Waals surface area (Å²) in [4.78, 5) is 28.2. The van der Waals surface area contributed by atoms with E-state index in [9.17, 15) is 22.8 Å². The zero-order valence-corrected chi connectivity index (χ0v) is 21.6. The molecule has 0 unspecified atom stereocenters. The fourth-order valence-corrected chi connectivity index (χ4v) is 4.55. The number of alkyl halides is 3. The van der Waals surface area contributed by atoms with E-state index in [1.54, 1.807) is 54.7 Å². The highest BCUT2D eigenvalue weighted by Gasteiger charge is 2.30. The van der Waals surface area contributed by atoms with Gasteiger partial charge in [-0.3, -0.25) is 9.59 Å². The molecule has 0 aliphatic carbocycles. The lowest BCUT2D eigenvalue weighted by Gasteiger charge is -2.13. The molecule has 0 saturated carbocycles. The van der Waals surface area contributed by atoms with Gasteiger partial charge in [-0.2, -0.15) is 13.2 Å². The van der Waals surface area contributed by atoms with Gasteiger partial charge in [0, 0.05) is 17.3 Å². The first-order valence-electron chi connectivity index (χ1n) is 12.7. The van der Waals surface area contributed by atoms with Gasteiger partial charge in [0.2, 0.25) is 0 Å². The van der Waals surface area contributed by atoms with Crippen LogP contribution in [0.5, 0.6) is 5.75 Å². The molecule has 41 heavy (non-hydrogen) atoms. The molecule has 0 bridgehead atoms. The standard InChI is InChI=1S/C33H24F3NO4/c34-33(35,36)25-16-14-23(15-17-25)26-8-4-5-9-27(26)31(40)28-19-37-30(24-12-10-21(11-13-24)18-29(38)39)32(28)41-20-22-6-2-1-3-7-22/h1-17,19,37H,18,20H2,(H,38,39). The number of rotatable bonds is 9.